The quantitative estimate of drug-likeness (QED) is 0.827. The summed E-state index contributed by atoms with van der Waals surface area (Å²) < 4.78 is 19.4. The maximum absolute atomic E-state index is 13.7. The minimum atomic E-state index is -0.780. The van der Waals surface area contributed by atoms with Gasteiger partial charge < -0.3 is 14.7 Å². The van der Waals surface area contributed by atoms with E-state index in [-0.39, 0.29) is 29.7 Å². The first-order valence-corrected chi connectivity index (χ1v) is 9.84. The van der Waals surface area contributed by atoms with Crippen LogP contribution in [0.5, 0.6) is 0 Å². The van der Waals surface area contributed by atoms with Gasteiger partial charge in [0, 0.05) is 25.6 Å². The molecule has 6 heteroatoms. The molecular formula is C21H28FNO4. The molecule has 1 amide bonds. The first kappa shape index (κ1) is 19.8. The van der Waals surface area contributed by atoms with Crippen molar-refractivity contribution in [3.8, 4) is 0 Å². The zero-order chi connectivity index (χ0) is 19.4. The SMILES string of the molecule is CC(CCc1ccccc1F)C(=O)N1CCC([C@@H]2OCCC2C(=O)O)CC1. The van der Waals surface area contributed by atoms with E-state index in [9.17, 15) is 19.1 Å². The van der Waals surface area contributed by atoms with Crippen LogP contribution in [-0.2, 0) is 20.7 Å². The summed E-state index contributed by atoms with van der Waals surface area (Å²) in [4.78, 5) is 25.9. The minimum absolute atomic E-state index is 0.104. The number of carboxylic acids is 1. The van der Waals surface area contributed by atoms with Crippen LogP contribution in [0.25, 0.3) is 0 Å². The zero-order valence-electron chi connectivity index (χ0n) is 15.8. The number of amides is 1. The molecule has 3 rings (SSSR count). The van der Waals surface area contributed by atoms with Gasteiger partial charge in [0.2, 0.25) is 5.91 Å². The Hall–Kier alpha value is -1.95. The van der Waals surface area contributed by atoms with Crippen LogP contribution < -0.4 is 0 Å². The normalized spacial score (nSPS) is 24.7. The number of aliphatic carboxylic acids is 1. The molecule has 0 radical (unpaired) electrons. The van der Waals surface area contributed by atoms with Crippen molar-refractivity contribution < 1.29 is 23.8 Å². The largest absolute Gasteiger partial charge is 0.481 e. The van der Waals surface area contributed by atoms with E-state index in [1.165, 1.54) is 6.07 Å². The summed E-state index contributed by atoms with van der Waals surface area (Å²) in [6.07, 6.45) is 3.07. The van der Waals surface area contributed by atoms with Crippen LogP contribution in [0.15, 0.2) is 24.3 Å². The number of aryl methyl sites for hydroxylation is 1. The molecule has 0 saturated carbocycles. The molecule has 27 heavy (non-hydrogen) atoms. The fraction of sp³-hybridized carbons (Fsp3) is 0.619. The van der Waals surface area contributed by atoms with Crippen LogP contribution in [0.4, 0.5) is 4.39 Å². The number of halogens is 1. The van der Waals surface area contributed by atoms with Crippen LogP contribution >= 0.6 is 0 Å². The van der Waals surface area contributed by atoms with Gasteiger partial charge in [-0.1, -0.05) is 25.1 Å². The van der Waals surface area contributed by atoms with Crippen LogP contribution in [0, 0.1) is 23.6 Å². The fourth-order valence-corrected chi connectivity index (χ4v) is 4.30. The lowest BCUT2D eigenvalue weighted by Crippen LogP contribution is -2.45. The Balaban J connectivity index is 1.48. The van der Waals surface area contributed by atoms with Crippen LogP contribution in [0.3, 0.4) is 0 Å². The first-order chi connectivity index (χ1) is 13.0. The van der Waals surface area contributed by atoms with E-state index in [0.717, 1.165) is 12.8 Å². The Kier molecular flexibility index (Phi) is 6.47. The molecular weight excluding hydrogens is 349 g/mol. The van der Waals surface area contributed by atoms with Gasteiger partial charge in [0.15, 0.2) is 0 Å². The Morgan fingerprint density at radius 2 is 1.96 bits per heavy atom. The molecule has 2 unspecified atom stereocenters. The minimum Gasteiger partial charge on any atom is -0.481 e. The van der Waals surface area contributed by atoms with Gasteiger partial charge in [-0.3, -0.25) is 9.59 Å². The van der Waals surface area contributed by atoms with Gasteiger partial charge in [-0.15, -0.1) is 0 Å². The molecule has 2 fully saturated rings. The van der Waals surface area contributed by atoms with E-state index in [1.54, 1.807) is 12.1 Å². The Morgan fingerprint density at radius 3 is 2.63 bits per heavy atom. The molecule has 1 N–H and O–H groups in total. The van der Waals surface area contributed by atoms with Crippen molar-refractivity contribution in [2.45, 2.75) is 45.1 Å². The molecule has 2 aliphatic heterocycles. The highest BCUT2D eigenvalue weighted by Gasteiger charge is 2.41. The second kappa shape index (κ2) is 8.83. The van der Waals surface area contributed by atoms with Crippen molar-refractivity contribution in [1.82, 2.24) is 4.90 Å². The Bertz CT molecular complexity index is 672. The highest BCUT2D eigenvalue weighted by Crippen LogP contribution is 2.33. The molecule has 3 atom stereocenters. The predicted molar refractivity (Wildman–Crippen MR) is 98.7 cm³/mol. The van der Waals surface area contributed by atoms with Crippen molar-refractivity contribution in [1.29, 1.82) is 0 Å². The third kappa shape index (κ3) is 4.67. The number of hydrogen-bond donors (Lipinski definition) is 1. The lowest BCUT2D eigenvalue weighted by Gasteiger charge is -2.36. The number of nitrogens with zero attached hydrogens (tertiary/aromatic N) is 1. The van der Waals surface area contributed by atoms with E-state index < -0.39 is 11.9 Å². The zero-order valence-corrected chi connectivity index (χ0v) is 15.8. The number of likely N-dealkylation sites (tertiary alicyclic amines) is 1. The van der Waals surface area contributed by atoms with Crippen LogP contribution in [0.1, 0.15) is 38.2 Å². The van der Waals surface area contributed by atoms with Gasteiger partial charge in [0.05, 0.1) is 12.0 Å². The molecule has 5 nitrogen and oxygen atoms in total. The maximum Gasteiger partial charge on any atom is 0.309 e. The Labute approximate surface area is 159 Å². The summed E-state index contributed by atoms with van der Waals surface area (Å²) in [6.45, 7) is 3.68. The van der Waals surface area contributed by atoms with Gasteiger partial charge in [-0.05, 0) is 49.7 Å². The van der Waals surface area contributed by atoms with Gasteiger partial charge in [0.25, 0.3) is 0 Å². The van der Waals surface area contributed by atoms with E-state index in [0.29, 0.717) is 44.5 Å². The number of benzene rings is 1. The van der Waals surface area contributed by atoms with Gasteiger partial charge in [0.1, 0.15) is 5.82 Å². The lowest BCUT2D eigenvalue weighted by molar-refractivity contribution is -0.146. The topological polar surface area (TPSA) is 66.8 Å². The van der Waals surface area contributed by atoms with Crippen LogP contribution in [-0.4, -0.2) is 47.7 Å². The predicted octanol–water partition coefficient (Wildman–Crippen LogP) is 3.12. The van der Waals surface area contributed by atoms with E-state index in [2.05, 4.69) is 0 Å². The molecule has 2 saturated heterocycles. The highest BCUT2D eigenvalue weighted by molar-refractivity contribution is 5.78. The molecule has 0 aliphatic carbocycles. The van der Waals surface area contributed by atoms with E-state index in [1.807, 2.05) is 17.9 Å². The number of hydrogen-bond acceptors (Lipinski definition) is 3. The number of carbonyl (C=O) groups is 2. The second-order valence-corrected chi connectivity index (χ2v) is 7.76. The number of ether oxygens (including phenoxy) is 1. The maximum atomic E-state index is 13.7. The molecule has 1 aromatic carbocycles. The third-order valence-corrected chi connectivity index (χ3v) is 5.99. The molecule has 0 spiro atoms. The second-order valence-electron chi connectivity index (χ2n) is 7.76. The van der Waals surface area contributed by atoms with Crippen molar-refractivity contribution in [2.75, 3.05) is 19.7 Å². The third-order valence-electron chi connectivity index (χ3n) is 5.99. The van der Waals surface area contributed by atoms with Crippen molar-refractivity contribution in [3.05, 3.63) is 35.6 Å². The summed E-state index contributed by atoms with van der Waals surface area (Å²) in [6, 6.07) is 6.69. The summed E-state index contributed by atoms with van der Waals surface area (Å²) in [5, 5.41) is 9.33. The number of carbonyl (C=O) groups excluding carboxylic acids is 1. The van der Waals surface area contributed by atoms with Gasteiger partial charge in [-0.25, -0.2) is 4.39 Å². The summed E-state index contributed by atoms with van der Waals surface area (Å²) in [5.74, 6) is -1.27. The number of rotatable bonds is 6. The van der Waals surface area contributed by atoms with E-state index >= 15 is 0 Å². The first-order valence-electron chi connectivity index (χ1n) is 9.84. The van der Waals surface area contributed by atoms with Crippen LogP contribution in [0.2, 0.25) is 0 Å². The molecule has 1 aromatic rings. The molecule has 2 aliphatic rings. The summed E-state index contributed by atoms with van der Waals surface area (Å²) in [5.41, 5.74) is 0.647. The standard InChI is InChI=1S/C21H28FNO4/c1-14(6-7-15-4-2-3-5-18(15)22)20(24)23-11-8-16(9-12-23)19-17(21(25)26)10-13-27-19/h2-5,14,16-17,19H,6-13H2,1H3,(H,25,26)/t14?,17?,19-/m0/s1. The fourth-order valence-electron chi connectivity index (χ4n) is 4.30. The van der Waals surface area contributed by atoms with Gasteiger partial charge in [-0.2, -0.15) is 0 Å². The molecule has 148 valence electrons. The van der Waals surface area contributed by atoms with Gasteiger partial charge >= 0.3 is 5.97 Å². The monoisotopic (exact) mass is 377 g/mol. The number of carboxylic acid groups (broad SMARTS) is 1. The summed E-state index contributed by atoms with van der Waals surface area (Å²) >= 11 is 0. The summed E-state index contributed by atoms with van der Waals surface area (Å²) in [7, 11) is 0. The average Bonchev–Trinajstić information content (AvgIpc) is 3.17. The number of piperidine rings is 1. The average molecular weight is 377 g/mol. The molecule has 2 heterocycles. The van der Waals surface area contributed by atoms with Crippen molar-refractivity contribution >= 4 is 11.9 Å². The molecule has 0 bridgehead atoms. The highest BCUT2D eigenvalue weighted by atomic mass is 19.1. The van der Waals surface area contributed by atoms with E-state index in [4.69, 9.17) is 4.74 Å². The lowest BCUT2D eigenvalue weighted by atomic mass is 9.84. The van der Waals surface area contributed by atoms with Crippen molar-refractivity contribution in [3.63, 3.8) is 0 Å². The Morgan fingerprint density at radius 1 is 1.26 bits per heavy atom. The smallest absolute Gasteiger partial charge is 0.309 e. The van der Waals surface area contributed by atoms with Crippen molar-refractivity contribution in [2.24, 2.45) is 17.8 Å². The molecule has 0 aromatic heterocycles.